The summed E-state index contributed by atoms with van der Waals surface area (Å²) in [5.41, 5.74) is 5.71. The van der Waals surface area contributed by atoms with Gasteiger partial charge >= 0.3 is 0 Å². The largest absolute Gasteiger partial charge is 0.378 e. The average Bonchev–Trinajstić information content (AvgIpc) is 3.12. The molecule has 1 heterocycles. The van der Waals surface area contributed by atoms with Gasteiger partial charge in [0.05, 0.1) is 12.1 Å². The van der Waals surface area contributed by atoms with Crippen LogP contribution in [0.5, 0.6) is 0 Å². The number of ether oxygens (including phenoxy) is 1. The molecule has 3 N–H and O–H groups in total. The van der Waals surface area contributed by atoms with Crippen LogP contribution in [-0.4, -0.2) is 34.3 Å². The third-order valence-corrected chi connectivity index (χ3v) is 5.75. The van der Waals surface area contributed by atoms with Crippen LogP contribution in [0.25, 0.3) is 11.5 Å². The molecule has 0 bridgehead atoms. The summed E-state index contributed by atoms with van der Waals surface area (Å²) in [6, 6.07) is 6.64. The minimum Gasteiger partial charge on any atom is -0.378 e. The summed E-state index contributed by atoms with van der Waals surface area (Å²) >= 11 is 5.89. The maximum atomic E-state index is 12.8. The van der Waals surface area contributed by atoms with E-state index >= 15 is 0 Å². The van der Waals surface area contributed by atoms with Gasteiger partial charge in [-0.1, -0.05) is 30.6 Å². The van der Waals surface area contributed by atoms with Crippen molar-refractivity contribution >= 4 is 29.9 Å². The molecule has 1 saturated carbocycles. The lowest BCUT2D eigenvalue weighted by atomic mass is 9.54. The molecular formula is C19H26Cl2N4O3. The van der Waals surface area contributed by atoms with Crippen molar-refractivity contribution in [3.63, 3.8) is 0 Å². The fourth-order valence-corrected chi connectivity index (χ4v) is 3.46. The van der Waals surface area contributed by atoms with Crippen molar-refractivity contribution in [3.8, 4) is 11.5 Å². The van der Waals surface area contributed by atoms with Crippen molar-refractivity contribution in [2.24, 2.45) is 11.1 Å². The van der Waals surface area contributed by atoms with Crippen LogP contribution in [0.2, 0.25) is 5.02 Å². The van der Waals surface area contributed by atoms with Gasteiger partial charge in [-0.05, 0) is 38.1 Å². The number of hydrogen-bond donors (Lipinski definition) is 2. The van der Waals surface area contributed by atoms with Crippen LogP contribution in [0, 0.1) is 5.41 Å². The number of halogens is 2. The van der Waals surface area contributed by atoms with Gasteiger partial charge in [-0.15, -0.1) is 12.4 Å². The van der Waals surface area contributed by atoms with Gasteiger partial charge in [0.1, 0.15) is 5.54 Å². The third kappa shape index (κ3) is 3.89. The van der Waals surface area contributed by atoms with E-state index in [4.69, 9.17) is 26.6 Å². The fraction of sp³-hybridized carbons (Fsp3) is 0.526. The first-order valence-electron chi connectivity index (χ1n) is 9.00. The zero-order chi connectivity index (χ0) is 19.8. The molecule has 2 aromatic rings. The summed E-state index contributed by atoms with van der Waals surface area (Å²) in [5, 5.41) is 7.51. The Morgan fingerprint density at radius 2 is 2.07 bits per heavy atom. The van der Waals surface area contributed by atoms with Crippen LogP contribution < -0.4 is 11.1 Å². The molecule has 1 aliphatic carbocycles. The second-order valence-corrected chi connectivity index (χ2v) is 7.94. The molecule has 154 valence electrons. The molecule has 1 fully saturated rings. The predicted molar refractivity (Wildman–Crippen MR) is 109 cm³/mol. The number of carbonyl (C=O) groups excluding carboxylic acids is 1. The van der Waals surface area contributed by atoms with Crippen molar-refractivity contribution in [1.29, 1.82) is 0 Å². The van der Waals surface area contributed by atoms with Crippen LogP contribution in [0.4, 0.5) is 0 Å². The Hall–Kier alpha value is -1.67. The van der Waals surface area contributed by atoms with E-state index in [-0.39, 0.29) is 24.4 Å². The van der Waals surface area contributed by atoms with Gasteiger partial charge in [-0.25, -0.2) is 0 Å². The highest BCUT2D eigenvalue weighted by Crippen LogP contribution is 2.50. The number of aromatic nitrogens is 2. The predicted octanol–water partition coefficient (Wildman–Crippen LogP) is 3.52. The summed E-state index contributed by atoms with van der Waals surface area (Å²) in [6.07, 6.45) is 0.449. The van der Waals surface area contributed by atoms with E-state index in [1.54, 1.807) is 31.2 Å². The molecule has 0 radical (unpaired) electrons. The molecule has 1 aromatic heterocycles. The van der Waals surface area contributed by atoms with Gasteiger partial charge in [0.25, 0.3) is 5.89 Å². The second-order valence-electron chi connectivity index (χ2n) is 7.50. The molecule has 9 heteroatoms. The van der Waals surface area contributed by atoms with E-state index in [1.807, 2.05) is 20.8 Å². The van der Waals surface area contributed by atoms with Crippen molar-refractivity contribution < 1.29 is 14.1 Å². The first kappa shape index (κ1) is 22.6. The molecule has 0 spiro atoms. The van der Waals surface area contributed by atoms with E-state index in [9.17, 15) is 4.79 Å². The topological polar surface area (TPSA) is 103 Å². The first-order chi connectivity index (χ1) is 12.7. The normalized spacial score (nSPS) is 24.0. The van der Waals surface area contributed by atoms with Crippen LogP contribution in [-0.2, 0) is 9.53 Å². The highest BCUT2D eigenvalue weighted by atomic mass is 35.5. The van der Waals surface area contributed by atoms with Gasteiger partial charge < -0.3 is 20.3 Å². The average molecular weight is 429 g/mol. The van der Waals surface area contributed by atoms with Crippen molar-refractivity contribution in [3.05, 3.63) is 35.1 Å². The van der Waals surface area contributed by atoms with E-state index in [0.717, 1.165) is 5.56 Å². The molecule has 1 aliphatic rings. The summed E-state index contributed by atoms with van der Waals surface area (Å²) in [5.74, 6) is 0.509. The molecule has 28 heavy (non-hydrogen) atoms. The maximum absolute atomic E-state index is 12.8. The zero-order valence-corrected chi connectivity index (χ0v) is 17.9. The molecule has 3 atom stereocenters. The van der Waals surface area contributed by atoms with Gasteiger partial charge in [-0.3, -0.25) is 4.79 Å². The zero-order valence-electron chi connectivity index (χ0n) is 16.4. The van der Waals surface area contributed by atoms with Crippen molar-refractivity contribution in [1.82, 2.24) is 15.5 Å². The quantitative estimate of drug-likeness (QED) is 0.728. The number of amides is 1. The Kier molecular flexibility index (Phi) is 6.76. The van der Waals surface area contributed by atoms with Crippen molar-refractivity contribution in [2.45, 2.75) is 51.8 Å². The van der Waals surface area contributed by atoms with Gasteiger partial charge in [0.15, 0.2) is 5.82 Å². The summed E-state index contributed by atoms with van der Waals surface area (Å²) in [6.45, 7) is 8.23. The Balaban J connectivity index is 0.00000280. The highest BCUT2D eigenvalue weighted by Gasteiger charge is 2.63. The lowest BCUT2D eigenvalue weighted by Gasteiger charge is -2.57. The minimum atomic E-state index is -0.996. The van der Waals surface area contributed by atoms with Crippen molar-refractivity contribution in [2.75, 3.05) is 6.61 Å². The van der Waals surface area contributed by atoms with Gasteiger partial charge in [0, 0.05) is 29.0 Å². The number of nitrogens with zero attached hydrogens (tertiary/aromatic N) is 2. The fourth-order valence-electron chi connectivity index (χ4n) is 3.33. The number of benzene rings is 1. The van der Waals surface area contributed by atoms with Gasteiger partial charge in [0.2, 0.25) is 5.91 Å². The Morgan fingerprint density at radius 3 is 2.64 bits per heavy atom. The molecule has 3 unspecified atom stereocenters. The van der Waals surface area contributed by atoms with Gasteiger partial charge in [-0.2, -0.15) is 4.98 Å². The SMILES string of the molecule is CCOC1CC(N)(C(=O)NC(C)c2noc(-c3ccc(Cl)cc3)n2)C1(C)C.Cl. The second kappa shape index (κ2) is 8.37. The lowest BCUT2D eigenvalue weighted by Crippen LogP contribution is -2.75. The molecular weight excluding hydrogens is 403 g/mol. The van der Waals surface area contributed by atoms with Crippen LogP contribution in [0.3, 0.4) is 0 Å². The lowest BCUT2D eigenvalue weighted by molar-refractivity contribution is -0.171. The van der Waals surface area contributed by atoms with E-state index in [1.165, 1.54) is 0 Å². The number of hydrogen-bond acceptors (Lipinski definition) is 6. The molecule has 0 saturated heterocycles. The number of nitrogens with one attached hydrogen (secondary N) is 1. The van der Waals surface area contributed by atoms with E-state index in [0.29, 0.717) is 29.8 Å². The number of rotatable bonds is 6. The molecule has 1 amide bonds. The minimum absolute atomic E-state index is 0. The van der Waals surface area contributed by atoms with E-state index < -0.39 is 17.0 Å². The standard InChI is InChI=1S/C19H25ClN4O3.ClH/c1-5-26-14-10-19(21,18(14,3)4)17(25)22-11(2)15-23-16(27-24-15)12-6-8-13(20)9-7-12;/h6-9,11,14H,5,10,21H2,1-4H3,(H,22,25);1H. The van der Waals surface area contributed by atoms with Crippen LogP contribution in [0.15, 0.2) is 28.8 Å². The molecule has 3 rings (SSSR count). The Labute approximate surface area is 175 Å². The van der Waals surface area contributed by atoms with Crippen LogP contribution >= 0.6 is 24.0 Å². The monoisotopic (exact) mass is 428 g/mol. The summed E-state index contributed by atoms with van der Waals surface area (Å²) in [7, 11) is 0. The smallest absolute Gasteiger partial charge is 0.257 e. The summed E-state index contributed by atoms with van der Waals surface area (Å²) in [4.78, 5) is 17.2. The third-order valence-electron chi connectivity index (χ3n) is 5.50. The molecule has 0 aliphatic heterocycles. The highest BCUT2D eigenvalue weighted by molar-refractivity contribution is 6.30. The van der Waals surface area contributed by atoms with E-state index in [2.05, 4.69) is 15.5 Å². The Morgan fingerprint density at radius 1 is 1.43 bits per heavy atom. The summed E-state index contributed by atoms with van der Waals surface area (Å²) < 4.78 is 11.0. The Bertz CT molecular complexity index is 825. The maximum Gasteiger partial charge on any atom is 0.257 e. The number of carbonyl (C=O) groups is 1. The molecule has 7 nitrogen and oxygen atoms in total. The molecule has 1 aromatic carbocycles. The first-order valence-corrected chi connectivity index (χ1v) is 9.38. The number of nitrogens with two attached hydrogens (primary N) is 1. The van der Waals surface area contributed by atoms with Crippen LogP contribution in [0.1, 0.15) is 46.0 Å².